The predicted octanol–water partition coefficient (Wildman–Crippen LogP) is 2.95. The molecule has 1 saturated heterocycles. The number of nitrogens with one attached hydrogen (secondary N) is 1. The molecule has 25 heavy (non-hydrogen) atoms. The molecule has 0 spiro atoms. The average Bonchev–Trinajstić information content (AvgIpc) is 3.33. The summed E-state index contributed by atoms with van der Waals surface area (Å²) in [6, 6.07) is 6.69. The fourth-order valence-corrected chi connectivity index (χ4v) is 3.97. The van der Waals surface area contributed by atoms with Crippen molar-refractivity contribution in [1.82, 2.24) is 25.1 Å². The van der Waals surface area contributed by atoms with Crippen LogP contribution in [0.3, 0.4) is 0 Å². The molecule has 0 saturated carbocycles. The molecular formula is C17H19FN6S. The molecule has 1 N–H and O–H groups in total. The summed E-state index contributed by atoms with van der Waals surface area (Å²) in [5.41, 5.74) is 0.776. The molecule has 3 aromatic rings. The topological polar surface area (TPSA) is 60.9 Å². The minimum absolute atomic E-state index is 0.193. The van der Waals surface area contributed by atoms with Gasteiger partial charge < -0.3 is 9.88 Å². The third-order valence-corrected chi connectivity index (χ3v) is 5.66. The molecule has 130 valence electrons. The Bertz CT molecular complexity index is 825. The van der Waals surface area contributed by atoms with Gasteiger partial charge in [0, 0.05) is 44.1 Å². The van der Waals surface area contributed by atoms with Crippen molar-refractivity contribution in [3.8, 4) is 10.6 Å². The van der Waals surface area contributed by atoms with Crippen LogP contribution in [0, 0.1) is 5.82 Å². The Kier molecular flexibility index (Phi) is 4.46. The zero-order chi connectivity index (χ0) is 17.2. The van der Waals surface area contributed by atoms with Gasteiger partial charge >= 0.3 is 0 Å². The summed E-state index contributed by atoms with van der Waals surface area (Å²) in [5, 5.41) is 10.3. The molecule has 4 rings (SSSR count). The minimum atomic E-state index is -0.253. The van der Waals surface area contributed by atoms with Crippen molar-refractivity contribution in [1.29, 1.82) is 0 Å². The first-order valence-electron chi connectivity index (χ1n) is 8.28. The first kappa shape index (κ1) is 16.2. The van der Waals surface area contributed by atoms with E-state index in [0.29, 0.717) is 0 Å². The molecule has 3 heterocycles. The number of nitrogens with zero attached hydrogens (tertiary/aromatic N) is 5. The van der Waals surface area contributed by atoms with E-state index in [1.165, 1.54) is 23.5 Å². The van der Waals surface area contributed by atoms with E-state index in [0.717, 1.165) is 47.7 Å². The van der Waals surface area contributed by atoms with Gasteiger partial charge in [-0.05, 0) is 19.1 Å². The number of benzene rings is 1. The summed E-state index contributed by atoms with van der Waals surface area (Å²) < 4.78 is 13.4. The first-order chi connectivity index (χ1) is 12.2. The van der Waals surface area contributed by atoms with Crippen molar-refractivity contribution < 1.29 is 4.39 Å². The van der Waals surface area contributed by atoms with Crippen molar-refractivity contribution in [3.63, 3.8) is 0 Å². The number of aromatic amines is 1. The van der Waals surface area contributed by atoms with Crippen LogP contribution in [0.2, 0.25) is 0 Å². The Hall–Kier alpha value is -2.32. The molecule has 1 atom stereocenters. The lowest BCUT2D eigenvalue weighted by Gasteiger charge is -2.37. The highest BCUT2D eigenvalue weighted by molar-refractivity contribution is 7.14. The molecule has 6 nitrogen and oxygen atoms in total. The lowest BCUT2D eigenvalue weighted by atomic mass is 10.2. The molecule has 1 aliphatic heterocycles. The van der Waals surface area contributed by atoms with Gasteiger partial charge in [-0.2, -0.15) is 0 Å². The second kappa shape index (κ2) is 6.89. The second-order valence-electron chi connectivity index (χ2n) is 6.07. The number of rotatable bonds is 4. The quantitative estimate of drug-likeness (QED) is 0.777. The van der Waals surface area contributed by atoms with Crippen molar-refractivity contribution >= 4 is 17.3 Å². The van der Waals surface area contributed by atoms with Gasteiger partial charge in [0.15, 0.2) is 0 Å². The van der Waals surface area contributed by atoms with E-state index in [-0.39, 0.29) is 11.9 Å². The van der Waals surface area contributed by atoms with Crippen LogP contribution in [0.25, 0.3) is 10.6 Å². The molecule has 1 unspecified atom stereocenters. The number of piperazine rings is 1. The Morgan fingerprint density at radius 2 is 2.04 bits per heavy atom. The van der Waals surface area contributed by atoms with Crippen LogP contribution in [-0.2, 0) is 0 Å². The van der Waals surface area contributed by atoms with Crippen LogP contribution in [0.15, 0.2) is 36.7 Å². The molecule has 1 aromatic carbocycles. The fraction of sp³-hybridized carbons (Fsp3) is 0.353. The van der Waals surface area contributed by atoms with E-state index < -0.39 is 0 Å². The Labute approximate surface area is 149 Å². The van der Waals surface area contributed by atoms with Crippen molar-refractivity contribution in [2.45, 2.75) is 13.0 Å². The van der Waals surface area contributed by atoms with Crippen LogP contribution < -0.4 is 4.90 Å². The molecule has 1 fully saturated rings. The molecule has 1 aliphatic rings. The van der Waals surface area contributed by atoms with E-state index >= 15 is 0 Å². The highest BCUT2D eigenvalue weighted by Crippen LogP contribution is 2.30. The number of hydrogen-bond acceptors (Lipinski definition) is 6. The maximum absolute atomic E-state index is 13.4. The monoisotopic (exact) mass is 358 g/mol. The molecule has 0 radical (unpaired) electrons. The standard InChI is InChI=1S/C17H19FN6S/c1-12(23-7-9-24(10-8-23)17-19-5-6-20-17)15-21-22-16(25-15)13-3-2-4-14(18)11-13/h2-6,11-12H,7-10H2,1H3,(H,19,20). The number of imidazole rings is 1. The lowest BCUT2D eigenvalue weighted by molar-refractivity contribution is 0.197. The van der Waals surface area contributed by atoms with E-state index in [1.807, 2.05) is 12.3 Å². The zero-order valence-corrected chi connectivity index (χ0v) is 14.7. The predicted molar refractivity (Wildman–Crippen MR) is 96.1 cm³/mol. The summed E-state index contributed by atoms with van der Waals surface area (Å²) in [6.45, 7) is 5.88. The van der Waals surface area contributed by atoms with Crippen LogP contribution in [0.5, 0.6) is 0 Å². The SMILES string of the molecule is CC(c1nnc(-c2cccc(F)c2)s1)N1CCN(c2ncc[nH]2)CC1. The van der Waals surface area contributed by atoms with E-state index in [9.17, 15) is 4.39 Å². The number of anilines is 1. The van der Waals surface area contributed by atoms with Gasteiger partial charge in [0.1, 0.15) is 15.8 Å². The number of halogens is 1. The van der Waals surface area contributed by atoms with Gasteiger partial charge in [-0.15, -0.1) is 10.2 Å². The van der Waals surface area contributed by atoms with Gasteiger partial charge in [0.25, 0.3) is 0 Å². The number of H-pyrrole nitrogens is 1. The minimum Gasteiger partial charge on any atom is -0.340 e. The molecule has 0 bridgehead atoms. The third-order valence-electron chi connectivity index (χ3n) is 4.51. The number of hydrogen-bond donors (Lipinski definition) is 1. The fourth-order valence-electron chi connectivity index (χ4n) is 3.05. The van der Waals surface area contributed by atoms with E-state index in [4.69, 9.17) is 0 Å². The number of aromatic nitrogens is 4. The third kappa shape index (κ3) is 3.40. The van der Waals surface area contributed by atoms with E-state index in [1.54, 1.807) is 12.3 Å². The van der Waals surface area contributed by atoms with Crippen molar-refractivity contribution in [2.75, 3.05) is 31.1 Å². The van der Waals surface area contributed by atoms with Gasteiger partial charge in [-0.1, -0.05) is 23.5 Å². The largest absolute Gasteiger partial charge is 0.340 e. The lowest BCUT2D eigenvalue weighted by Crippen LogP contribution is -2.47. The normalized spacial score (nSPS) is 17.0. The van der Waals surface area contributed by atoms with Crippen molar-refractivity contribution in [2.24, 2.45) is 0 Å². The first-order valence-corrected chi connectivity index (χ1v) is 9.10. The Balaban J connectivity index is 1.43. The summed E-state index contributed by atoms with van der Waals surface area (Å²) in [5.74, 6) is 0.674. The van der Waals surface area contributed by atoms with Gasteiger partial charge in [-0.25, -0.2) is 9.37 Å². The summed E-state index contributed by atoms with van der Waals surface area (Å²) in [7, 11) is 0. The van der Waals surface area contributed by atoms with Gasteiger partial charge in [-0.3, -0.25) is 4.90 Å². The van der Waals surface area contributed by atoms with E-state index in [2.05, 4.69) is 36.9 Å². The summed E-state index contributed by atoms with van der Waals surface area (Å²) in [6.07, 6.45) is 3.62. The van der Waals surface area contributed by atoms with Crippen LogP contribution >= 0.6 is 11.3 Å². The average molecular weight is 358 g/mol. The van der Waals surface area contributed by atoms with Gasteiger partial charge in [0.2, 0.25) is 5.95 Å². The zero-order valence-electron chi connectivity index (χ0n) is 13.9. The molecule has 0 aliphatic carbocycles. The maximum Gasteiger partial charge on any atom is 0.202 e. The Morgan fingerprint density at radius 3 is 2.76 bits per heavy atom. The highest BCUT2D eigenvalue weighted by atomic mass is 32.1. The van der Waals surface area contributed by atoms with Gasteiger partial charge in [0.05, 0.1) is 6.04 Å². The molecule has 2 aromatic heterocycles. The smallest absolute Gasteiger partial charge is 0.202 e. The maximum atomic E-state index is 13.4. The highest BCUT2D eigenvalue weighted by Gasteiger charge is 2.25. The Morgan fingerprint density at radius 1 is 1.20 bits per heavy atom. The summed E-state index contributed by atoms with van der Waals surface area (Å²) in [4.78, 5) is 12.1. The van der Waals surface area contributed by atoms with Crippen LogP contribution in [-0.4, -0.2) is 51.2 Å². The second-order valence-corrected chi connectivity index (χ2v) is 7.08. The molecular weight excluding hydrogens is 339 g/mol. The molecule has 0 amide bonds. The van der Waals surface area contributed by atoms with Crippen molar-refractivity contribution in [3.05, 3.63) is 47.5 Å². The van der Waals surface area contributed by atoms with Crippen LogP contribution in [0.1, 0.15) is 18.0 Å². The summed E-state index contributed by atoms with van der Waals surface area (Å²) >= 11 is 1.53. The van der Waals surface area contributed by atoms with Crippen LogP contribution in [0.4, 0.5) is 10.3 Å². The molecule has 8 heteroatoms.